The van der Waals surface area contributed by atoms with Crippen LogP contribution in [-0.4, -0.2) is 28.4 Å². The van der Waals surface area contributed by atoms with Crippen LogP contribution in [-0.2, 0) is 17.1 Å². The number of pyridine rings is 1. The maximum Gasteiger partial charge on any atom is 0.337 e. The number of hydrogen-bond acceptors (Lipinski definition) is 6. The lowest BCUT2D eigenvalue weighted by Gasteiger charge is -2.19. The highest BCUT2D eigenvalue weighted by molar-refractivity contribution is 9.10. The van der Waals surface area contributed by atoms with Crippen LogP contribution in [0.1, 0.15) is 18.9 Å². The number of nitrogens with zero attached hydrogens (tertiary/aromatic N) is 3. The largest absolute Gasteiger partial charge is 0.352 e. The number of fused-ring (bicyclic) bond motifs is 1. The standard InChI is InChI=1S/C24H21BrFN5O5S/c1-29-20(32)12-19(27-18-9-6-13(25)10-17(18)26)21-22(29)30(24(34)31(23(21)33)15-7-8-15)16-5-3-4-14(11-16)28-37(2,35)36/h3-6,9-12,15,27-28H,7-8H2,1-2H3. The molecule has 0 unspecified atom stereocenters. The zero-order chi connectivity index (χ0) is 26.6. The van der Waals surface area contributed by atoms with Crippen LogP contribution in [0.5, 0.6) is 0 Å². The Labute approximate surface area is 218 Å². The number of sulfonamides is 1. The van der Waals surface area contributed by atoms with Gasteiger partial charge in [-0.1, -0.05) is 22.0 Å². The van der Waals surface area contributed by atoms with E-state index in [1.807, 2.05) is 0 Å². The van der Waals surface area contributed by atoms with Gasteiger partial charge >= 0.3 is 5.69 Å². The number of aryl methyl sites for hydroxylation is 1. The summed E-state index contributed by atoms with van der Waals surface area (Å²) in [5, 5.41) is 2.86. The van der Waals surface area contributed by atoms with E-state index in [1.165, 1.54) is 41.9 Å². The number of rotatable bonds is 6. The van der Waals surface area contributed by atoms with E-state index in [0.717, 1.165) is 15.4 Å². The van der Waals surface area contributed by atoms with Crippen molar-refractivity contribution in [1.29, 1.82) is 0 Å². The number of hydrogen-bond donors (Lipinski definition) is 2. The number of benzene rings is 2. The molecule has 0 radical (unpaired) electrons. The average Bonchev–Trinajstić information content (AvgIpc) is 3.63. The molecule has 2 aromatic carbocycles. The number of aromatic nitrogens is 3. The summed E-state index contributed by atoms with van der Waals surface area (Å²) in [7, 11) is -2.19. The normalized spacial score (nSPS) is 13.6. The van der Waals surface area contributed by atoms with Crippen molar-refractivity contribution < 1.29 is 12.8 Å². The predicted molar refractivity (Wildman–Crippen MR) is 143 cm³/mol. The van der Waals surface area contributed by atoms with Gasteiger partial charge in [-0.25, -0.2) is 22.2 Å². The van der Waals surface area contributed by atoms with Gasteiger partial charge < -0.3 is 5.32 Å². The summed E-state index contributed by atoms with van der Waals surface area (Å²) < 4.78 is 44.6. The molecular formula is C24H21BrFN5O5S. The highest BCUT2D eigenvalue weighted by Gasteiger charge is 2.31. The zero-order valence-corrected chi connectivity index (χ0v) is 22.1. The summed E-state index contributed by atoms with van der Waals surface area (Å²) in [6.07, 6.45) is 2.26. The van der Waals surface area contributed by atoms with Crippen molar-refractivity contribution in [2.45, 2.75) is 18.9 Å². The lowest BCUT2D eigenvalue weighted by atomic mass is 10.2. The van der Waals surface area contributed by atoms with E-state index in [2.05, 4.69) is 26.0 Å². The third kappa shape index (κ3) is 4.71. The molecule has 0 bridgehead atoms. The molecule has 1 aliphatic carbocycles. The topological polar surface area (TPSA) is 124 Å². The van der Waals surface area contributed by atoms with Crippen molar-refractivity contribution in [1.82, 2.24) is 13.7 Å². The van der Waals surface area contributed by atoms with Crippen molar-refractivity contribution in [2.75, 3.05) is 16.3 Å². The van der Waals surface area contributed by atoms with Crippen LogP contribution >= 0.6 is 15.9 Å². The summed E-state index contributed by atoms with van der Waals surface area (Å²) in [6.45, 7) is 0. The fraction of sp³-hybridized carbons (Fsp3) is 0.208. The summed E-state index contributed by atoms with van der Waals surface area (Å²) in [5.74, 6) is -0.612. The van der Waals surface area contributed by atoms with Gasteiger partial charge in [0.25, 0.3) is 11.1 Å². The van der Waals surface area contributed by atoms with Gasteiger partial charge in [-0.3, -0.25) is 23.4 Å². The lowest BCUT2D eigenvalue weighted by molar-refractivity contribution is 0.607. The van der Waals surface area contributed by atoms with E-state index in [9.17, 15) is 27.2 Å². The van der Waals surface area contributed by atoms with Crippen LogP contribution in [0.3, 0.4) is 0 Å². The van der Waals surface area contributed by atoms with E-state index in [4.69, 9.17) is 0 Å². The molecule has 0 saturated heterocycles. The highest BCUT2D eigenvalue weighted by Crippen LogP contribution is 2.34. The molecule has 2 heterocycles. The van der Waals surface area contributed by atoms with Gasteiger partial charge in [0, 0.05) is 23.6 Å². The van der Waals surface area contributed by atoms with Gasteiger partial charge in [0.1, 0.15) is 16.9 Å². The molecule has 2 N–H and O–H groups in total. The van der Waals surface area contributed by atoms with E-state index in [1.54, 1.807) is 18.2 Å². The van der Waals surface area contributed by atoms with Crippen molar-refractivity contribution in [3.05, 3.63) is 90.0 Å². The summed E-state index contributed by atoms with van der Waals surface area (Å²) in [6, 6.07) is 11.2. The molecule has 4 aromatic rings. The lowest BCUT2D eigenvalue weighted by Crippen LogP contribution is -2.41. The van der Waals surface area contributed by atoms with E-state index >= 15 is 0 Å². The Balaban J connectivity index is 1.86. The third-order valence-corrected chi connectivity index (χ3v) is 7.07. The molecule has 13 heteroatoms. The molecule has 10 nitrogen and oxygen atoms in total. The van der Waals surface area contributed by atoms with Gasteiger partial charge in [0.05, 0.1) is 29.0 Å². The molecule has 5 rings (SSSR count). The molecule has 0 aliphatic heterocycles. The average molecular weight is 590 g/mol. The van der Waals surface area contributed by atoms with Crippen molar-refractivity contribution in [2.24, 2.45) is 7.05 Å². The van der Waals surface area contributed by atoms with Gasteiger partial charge in [0.15, 0.2) is 0 Å². The molecular weight excluding hydrogens is 569 g/mol. The highest BCUT2D eigenvalue weighted by atomic mass is 79.9. The molecule has 192 valence electrons. The van der Waals surface area contributed by atoms with Gasteiger partial charge in [-0.2, -0.15) is 0 Å². The molecule has 1 aliphatic rings. The minimum Gasteiger partial charge on any atom is -0.352 e. The van der Waals surface area contributed by atoms with Crippen molar-refractivity contribution in [3.63, 3.8) is 0 Å². The molecule has 2 aromatic heterocycles. The van der Waals surface area contributed by atoms with Gasteiger partial charge in [0.2, 0.25) is 10.0 Å². The maximum atomic E-state index is 14.7. The number of anilines is 3. The Hall–Kier alpha value is -3.71. The van der Waals surface area contributed by atoms with E-state index < -0.39 is 32.6 Å². The van der Waals surface area contributed by atoms with Gasteiger partial charge in [-0.15, -0.1) is 0 Å². The first kappa shape index (κ1) is 25.0. The fourth-order valence-electron chi connectivity index (χ4n) is 4.21. The van der Waals surface area contributed by atoms with E-state index in [0.29, 0.717) is 17.3 Å². The summed E-state index contributed by atoms with van der Waals surface area (Å²) in [4.78, 5) is 40.4. The second kappa shape index (κ2) is 8.99. The van der Waals surface area contributed by atoms with E-state index in [-0.39, 0.29) is 39.8 Å². The predicted octanol–water partition coefficient (Wildman–Crippen LogP) is 3.20. The number of halogens is 2. The Morgan fingerprint density at radius 2 is 1.76 bits per heavy atom. The first-order valence-corrected chi connectivity index (χ1v) is 13.8. The second-order valence-electron chi connectivity index (χ2n) is 8.85. The first-order chi connectivity index (χ1) is 17.4. The van der Waals surface area contributed by atoms with Crippen molar-refractivity contribution >= 4 is 54.0 Å². The van der Waals surface area contributed by atoms with Crippen molar-refractivity contribution in [3.8, 4) is 5.69 Å². The van der Waals surface area contributed by atoms with Crippen LogP contribution in [0.2, 0.25) is 0 Å². The smallest absolute Gasteiger partial charge is 0.337 e. The van der Waals surface area contributed by atoms with Crippen LogP contribution in [0.15, 0.2) is 67.4 Å². The molecule has 0 spiro atoms. The number of nitrogens with one attached hydrogen (secondary N) is 2. The molecule has 1 fully saturated rings. The van der Waals surface area contributed by atoms with Gasteiger partial charge in [-0.05, 0) is 49.2 Å². The van der Waals surface area contributed by atoms with Crippen LogP contribution < -0.4 is 26.8 Å². The quantitative estimate of drug-likeness (QED) is 0.356. The maximum absolute atomic E-state index is 14.7. The second-order valence-corrected chi connectivity index (χ2v) is 11.5. The van der Waals surface area contributed by atoms with Crippen LogP contribution in [0.25, 0.3) is 16.7 Å². The summed E-state index contributed by atoms with van der Waals surface area (Å²) in [5.41, 5.74) is -1.34. The molecule has 1 saturated carbocycles. The molecule has 37 heavy (non-hydrogen) atoms. The summed E-state index contributed by atoms with van der Waals surface area (Å²) >= 11 is 3.20. The minimum absolute atomic E-state index is 0.0115. The first-order valence-electron chi connectivity index (χ1n) is 11.2. The zero-order valence-electron chi connectivity index (χ0n) is 19.7. The SMILES string of the molecule is Cn1c(=O)cc(Nc2ccc(Br)cc2F)c2c(=O)n(C3CC3)c(=O)n(-c3cccc(NS(C)(=O)=O)c3)c21. The molecule has 0 atom stereocenters. The Morgan fingerprint density at radius 3 is 2.41 bits per heavy atom. The Morgan fingerprint density at radius 1 is 1.03 bits per heavy atom. The monoisotopic (exact) mass is 589 g/mol. The third-order valence-electron chi connectivity index (χ3n) is 5.97. The fourth-order valence-corrected chi connectivity index (χ4v) is 5.10. The minimum atomic E-state index is -3.61. The molecule has 0 amide bonds. The Kier molecular flexibility index (Phi) is 6.07. The van der Waals surface area contributed by atoms with Crippen LogP contribution in [0, 0.1) is 5.82 Å². The van der Waals surface area contributed by atoms with Crippen LogP contribution in [0.4, 0.5) is 21.5 Å². The Bertz CT molecular complexity index is 1880.